The third-order valence-electron chi connectivity index (χ3n) is 6.77. The smallest absolute Gasteiger partial charge is 0.346 e. The molecule has 2 N–H and O–H groups in total. The van der Waals surface area contributed by atoms with Crippen LogP contribution in [-0.4, -0.2) is 47.3 Å². The Morgan fingerprint density at radius 3 is 2.55 bits per heavy atom. The van der Waals surface area contributed by atoms with Crippen LogP contribution in [0.2, 0.25) is 0 Å². The van der Waals surface area contributed by atoms with Crippen LogP contribution in [0.5, 0.6) is 0 Å². The minimum absolute atomic E-state index is 0.132. The van der Waals surface area contributed by atoms with Crippen molar-refractivity contribution in [2.45, 2.75) is 39.0 Å². The zero-order valence-corrected chi connectivity index (χ0v) is 20.9. The summed E-state index contributed by atoms with van der Waals surface area (Å²) in [7, 11) is 0. The van der Waals surface area contributed by atoms with Gasteiger partial charge in [0.1, 0.15) is 4.88 Å². The highest BCUT2D eigenvalue weighted by Crippen LogP contribution is 2.43. The van der Waals surface area contributed by atoms with Gasteiger partial charge in [0.15, 0.2) is 0 Å². The summed E-state index contributed by atoms with van der Waals surface area (Å²) < 4.78 is 1.17. The maximum absolute atomic E-state index is 12.2. The summed E-state index contributed by atoms with van der Waals surface area (Å²) in [6.07, 6.45) is 5.89. The Morgan fingerprint density at radius 2 is 1.90 bits per heavy atom. The maximum Gasteiger partial charge on any atom is 0.346 e. The summed E-state index contributed by atoms with van der Waals surface area (Å²) in [5, 5.41) is 19.5. The standard InChI is InChI=1S/C25H30INO3S/c1-16-2-4-17(5-3-16)20-10-11-27(12-13-28)15-22(20)21-14-23(31-24(21)25(29)30)18-6-8-19(26)9-7-18/h6-9,14,16-17,28H,2-5,10-13,15H2,1H3,(H,29,30). The molecule has 0 bridgehead atoms. The van der Waals surface area contributed by atoms with Crippen LogP contribution in [0.25, 0.3) is 16.0 Å². The van der Waals surface area contributed by atoms with Gasteiger partial charge in [0.25, 0.3) is 0 Å². The van der Waals surface area contributed by atoms with Gasteiger partial charge in [-0.25, -0.2) is 4.79 Å². The number of carboxylic acids is 1. The van der Waals surface area contributed by atoms with Crippen LogP contribution in [-0.2, 0) is 0 Å². The number of benzene rings is 1. The number of halogens is 1. The Bertz CT molecular complexity index is 958. The second-order valence-electron chi connectivity index (χ2n) is 8.88. The number of hydrogen-bond acceptors (Lipinski definition) is 4. The average Bonchev–Trinajstić information content (AvgIpc) is 3.21. The van der Waals surface area contributed by atoms with Crippen LogP contribution < -0.4 is 0 Å². The summed E-state index contributed by atoms with van der Waals surface area (Å²) in [5.74, 6) is 0.504. The number of aliphatic hydroxyl groups is 1. The van der Waals surface area contributed by atoms with Crippen LogP contribution in [0.4, 0.5) is 0 Å². The minimum atomic E-state index is -0.847. The molecule has 1 aliphatic carbocycles. The van der Waals surface area contributed by atoms with E-state index in [4.69, 9.17) is 0 Å². The van der Waals surface area contributed by atoms with Gasteiger partial charge in [-0.3, -0.25) is 4.90 Å². The third kappa shape index (κ3) is 5.24. The molecule has 0 atom stereocenters. The monoisotopic (exact) mass is 551 g/mol. The highest BCUT2D eigenvalue weighted by Gasteiger charge is 2.30. The summed E-state index contributed by atoms with van der Waals surface area (Å²) in [6.45, 7) is 4.78. The van der Waals surface area contributed by atoms with Crippen molar-refractivity contribution in [3.63, 3.8) is 0 Å². The van der Waals surface area contributed by atoms with Gasteiger partial charge in [-0.05, 0) is 83.0 Å². The van der Waals surface area contributed by atoms with Gasteiger partial charge in [-0.1, -0.05) is 37.5 Å². The van der Waals surface area contributed by atoms with E-state index in [-0.39, 0.29) is 6.61 Å². The Kier molecular flexibility index (Phi) is 7.52. The molecule has 1 fully saturated rings. The average molecular weight is 551 g/mol. The Hall–Kier alpha value is -1.22. The predicted octanol–water partition coefficient (Wildman–Crippen LogP) is 6.00. The molecule has 1 aromatic carbocycles. The molecule has 6 heteroatoms. The second kappa shape index (κ2) is 10.1. The van der Waals surface area contributed by atoms with E-state index in [1.165, 1.54) is 51.7 Å². The van der Waals surface area contributed by atoms with Crippen molar-refractivity contribution in [2.24, 2.45) is 11.8 Å². The number of aromatic carboxylic acids is 1. The van der Waals surface area contributed by atoms with E-state index >= 15 is 0 Å². The molecular weight excluding hydrogens is 521 g/mol. The lowest BCUT2D eigenvalue weighted by Crippen LogP contribution is -2.35. The van der Waals surface area contributed by atoms with Crippen LogP contribution in [0.15, 0.2) is 35.9 Å². The molecule has 0 radical (unpaired) electrons. The van der Waals surface area contributed by atoms with E-state index in [0.717, 1.165) is 41.4 Å². The summed E-state index contributed by atoms with van der Waals surface area (Å²) in [6, 6.07) is 10.4. The van der Waals surface area contributed by atoms with Crippen LogP contribution >= 0.6 is 33.9 Å². The fraction of sp³-hybridized carbons (Fsp3) is 0.480. The first-order valence-electron chi connectivity index (χ1n) is 11.1. The van der Waals surface area contributed by atoms with Gasteiger partial charge in [0.2, 0.25) is 0 Å². The lowest BCUT2D eigenvalue weighted by atomic mass is 9.75. The van der Waals surface area contributed by atoms with Crippen molar-refractivity contribution in [3.05, 3.63) is 49.9 Å². The van der Waals surface area contributed by atoms with E-state index in [1.54, 1.807) is 0 Å². The summed E-state index contributed by atoms with van der Waals surface area (Å²) >= 11 is 3.67. The van der Waals surface area contributed by atoms with Gasteiger partial charge in [0.05, 0.1) is 6.61 Å². The Balaban J connectivity index is 1.78. The van der Waals surface area contributed by atoms with Crippen molar-refractivity contribution in [2.75, 3.05) is 26.2 Å². The number of thiophene rings is 1. The minimum Gasteiger partial charge on any atom is -0.477 e. The quantitative estimate of drug-likeness (QED) is 0.433. The van der Waals surface area contributed by atoms with Crippen LogP contribution in [0, 0.1) is 15.4 Å². The van der Waals surface area contributed by atoms with E-state index in [1.807, 2.05) is 0 Å². The summed E-state index contributed by atoms with van der Waals surface area (Å²) in [4.78, 5) is 15.9. The molecule has 1 saturated carbocycles. The zero-order chi connectivity index (χ0) is 22.0. The second-order valence-corrected chi connectivity index (χ2v) is 11.2. The normalized spacial score (nSPS) is 22.7. The van der Waals surface area contributed by atoms with Gasteiger partial charge >= 0.3 is 5.97 Å². The van der Waals surface area contributed by atoms with Crippen LogP contribution in [0.3, 0.4) is 0 Å². The number of carboxylic acid groups (broad SMARTS) is 1. The fourth-order valence-electron chi connectivity index (χ4n) is 5.01. The molecule has 4 rings (SSSR count). The van der Waals surface area contributed by atoms with Crippen LogP contribution in [0.1, 0.15) is 54.3 Å². The van der Waals surface area contributed by atoms with Crippen molar-refractivity contribution in [1.29, 1.82) is 0 Å². The van der Waals surface area contributed by atoms with Crippen molar-refractivity contribution in [1.82, 2.24) is 4.90 Å². The SMILES string of the molecule is CC1CCC(C2=C(c3cc(-c4ccc(I)cc4)sc3C(=O)O)CN(CCO)CC2)CC1. The molecule has 0 spiro atoms. The largest absolute Gasteiger partial charge is 0.477 e. The molecule has 0 unspecified atom stereocenters. The maximum atomic E-state index is 12.2. The molecule has 31 heavy (non-hydrogen) atoms. The molecule has 1 aromatic heterocycles. The van der Waals surface area contributed by atoms with Gasteiger partial charge in [0, 0.05) is 33.6 Å². The van der Waals surface area contributed by atoms with E-state index in [0.29, 0.717) is 17.3 Å². The Morgan fingerprint density at radius 1 is 1.19 bits per heavy atom. The van der Waals surface area contributed by atoms with Crippen molar-refractivity contribution in [3.8, 4) is 10.4 Å². The number of rotatable bonds is 6. The Labute approximate surface area is 202 Å². The first kappa shape index (κ1) is 23.0. The van der Waals surface area contributed by atoms with E-state index in [2.05, 4.69) is 64.7 Å². The lowest BCUT2D eigenvalue weighted by molar-refractivity contribution is 0.0701. The fourth-order valence-corrected chi connectivity index (χ4v) is 6.40. The molecule has 2 heterocycles. The molecule has 2 aliphatic rings. The third-order valence-corrected chi connectivity index (χ3v) is 8.66. The zero-order valence-electron chi connectivity index (χ0n) is 17.9. The highest BCUT2D eigenvalue weighted by atomic mass is 127. The van der Waals surface area contributed by atoms with E-state index in [9.17, 15) is 15.0 Å². The number of hydrogen-bond donors (Lipinski definition) is 2. The van der Waals surface area contributed by atoms with Gasteiger partial charge in [-0.2, -0.15) is 0 Å². The first-order valence-corrected chi connectivity index (χ1v) is 13.0. The number of β-amino-alcohol motifs (C(OH)–C–C–N with tert-alkyl or cyclic N) is 1. The van der Waals surface area contributed by atoms with E-state index < -0.39 is 5.97 Å². The highest BCUT2D eigenvalue weighted by molar-refractivity contribution is 14.1. The molecule has 166 valence electrons. The predicted molar refractivity (Wildman–Crippen MR) is 136 cm³/mol. The number of nitrogens with zero attached hydrogens (tertiary/aromatic N) is 1. The first-order chi connectivity index (χ1) is 15.0. The molecule has 2 aromatic rings. The molecule has 0 saturated heterocycles. The topological polar surface area (TPSA) is 60.8 Å². The molecular formula is C25H30INO3S. The number of carbonyl (C=O) groups is 1. The summed E-state index contributed by atoms with van der Waals surface area (Å²) in [5.41, 5.74) is 4.62. The van der Waals surface area contributed by atoms with Gasteiger partial charge < -0.3 is 10.2 Å². The molecule has 1 aliphatic heterocycles. The molecule has 0 amide bonds. The number of aliphatic hydroxyl groups excluding tert-OH is 1. The van der Waals surface area contributed by atoms with Crippen molar-refractivity contribution < 1.29 is 15.0 Å². The lowest BCUT2D eigenvalue weighted by Gasteiger charge is -2.36. The molecule has 4 nitrogen and oxygen atoms in total. The van der Waals surface area contributed by atoms with Gasteiger partial charge in [-0.15, -0.1) is 11.3 Å². The van der Waals surface area contributed by atoms with Crippen molar-refractivity contribution >= 4 is 45.5 Å².